The summed E-state index contributed by atoms with van der Waals surface area (Å²) in [7, 11) is 5.35. The topological polar surface area (TPSA) is 95.9 Å². The SMILES string of the molecule is CCCCCC/C=C/CCCCCCCCCC(=O)OCC(O)COCCC(C(=O)[O-])[N+](C)(C)C. The molecular formula is C28H53NO6. The van der Waals surface area contributed by atoms with Gasteiger partial charge in [-0.25, -0.2) is 0 Å². The number of unbranched alkanes of at least 4 members (excludes halogenated alkanes) is 11. The summed E-state index contributed by atoms with van der Waals surface area (Å²) in [6.07, 6.45) is 20.1. The highest BCUT2D eigenvalue weighted by molar-refractivity contribution is 5.69. The van der Waals surface area contributed by atoms with Crippen LogP contribution in [0.4, 0.5) is 0 Å². The molecule has 1 N–H and O–H groups in total. The fourth-order valence-corrected chi connectivity index (χ4v) is 3.89. The van der Waals surface area contributed by atoms with Crippen LogP contribution in [0, 0.1) is 0 Å². The molecule has 0 heterocycles. The summed E-state index contributed by atoms with van der Waals surface area (Å²) in [6.45, 7) is 2.33. The molecule has 35 heavy (non-hydrogen) atoms. The van der Waals surface area contributed by atoms with E-state index < -0.39 is 18.1 Å². The van der Waals surface area contributed by atoms with E-state index in [1.807, 2.05) is 0 Å². The van der Waals surface area contributed by atoms with Crippen molar-refractivity contribution < 1.29 is 33.8 Å². The molecule has 7 heteroatoms. The average molecular weight is 500 g/mol. The molecular weight excluding hydrogens is 446 g/mol. The smallest absolute Gasteiger partial charge is 0.305 e. The quantitative estimate of drug-likeness (QED) is 0.0927. The van der Waals surface area contributed by atoms with Crippen molar-refractivity contribution in [2.45, 2.75) is 115 Å². The average Bonchev–Trinajstić information content (AvgIpc) is 2.79. The van der Waals surface area contributed by atoms with Gasteiger partial charge >= 0.3 is 5.97 Å². The Hall–Kier alpha value is -1.44. The van der Waals surface area contributed by atoms with Crippen LogP contribution in [0.1, 0.15) is 103 Å². The minimum Gasteiger partial charge on any atom is -0.544 e. The number of esters is 1. The Bertz CT molecular complexity index is 558. The van der Waals surface area contributed by atoms with Gasteiger partial charge in [0.2, 0.25) is 0 Å². The van der Waals surface area contributed by atoms with E-state index >= 15 is 0 Å². The van der Waals surface area contributed by atoms with Crippen LogP contribution in [0.3, 0.4) is 0 Å². The molecule has 0 aromatic carbocycles. The normalized spacial score (nSPS) is 13.7. The Balaban J connectivity index is 3.55. The summed E-state index contributed by atoms with van der Waals surface area (Å²) in [4.78, 5) is 23.0. The molecule has 0 saturated carbocycles. The van der Waals surface area contributed by atoms with E-state index in [4.69, 9.17) is 9.47 Å². The molecule has 7 nitrogen and oxygen atoms in total. The molecule has 0 fully saturated rings. The van der Waals surface area contributed by atoms with Crippen LogP contribution >= 0.6 is 0 Å². The number of carboxylic acids is 1. The third-order valence-electron chi connectivity index (χ3n) is 6.13. The molecule has 2 unspecified atom stereocenters. The second-order valence-corrected chi connectivity index (χ2v) is 10.5. The van der Waals surface area contributed by atoms with Gasteiger partial charge < -0.3 is 29.0 Å². The van der Waals surface area contributed by atoms with Crippen LogP contribution in [0.2, 0.25) is 0 Å². The second-order valence-electron chi connectivity index (χ2n) is 10.5. The first-order chi connectivity index (χ1) is 16.7. The number of allylic oxidation sites excluding steroid dienone is 2. The first-order valence-corrected chi connectivity index (χ1v) is 13.8. The molecule has 0 amide bonds. The number of nitrogens with zero attached hydrogens (tertiary/aromatic N) is 1. The van der Waals surface area contributed by atoms with Gasteiger partial charge in [-0.3, -0.25) is 4.79 Å². The van der Waals surface area contributed by atoms with Gasteiger partial charge in [0.25, 0.3) is 0 Å². The number of carboxylic acid groups (broad SMARTS) is 1. The Morgan fingerprint density at radius 1 is 0.857 bits per heavy atom. The van der Waals surface area contributed by atoms with Gasteiger partial charge in [0.05, 0.1) is 40.3 Å². The lowest BCUT2D eigenvalue weighted by Gasteiger charge is -2.34. The number of carbonyl (C=O) groups is 2. The first-order valence-electron chi connectivity index (χ1n) is 13.8. The lowest BCUT2D eigenvalue weighted by molar-refractivity contribution is -0.889. The second kappa shape index (κ2) is 21.8. The summed E-state index contributed by atoms with van der Waals surface area (Å²) in [5, 5.41) is 21.1. The number of hydrogen-bond acceptors (Lipinski definition) is 6. The Labute approximate surface area is 214 Å². The summed E-state index contributed by atoms with van der Waals surface area (Å²) >= 11 is 0. The molecule has 0 aromatic heterocycles. The standard InChI is InChI=1S/C28H53NO6/c1-5-6-7-8-9-10-11-12-13-14-15-16-17-18-19-20-27(31)35-24-25(30)23-34-22-21-26(28(32)33)29(2,3)4/h10-11,25-26,30H,5-9,12-24H2,1-4H3/b11-10+. The maximum atomic E-state index is 11.8. The monoisotopic (exact) mass is 499 g/mol. The summed E-state index contributed by atoms with van der Waals surface area (Å²) in [6, 6.07) is -0.683. The largest absolute Gasteiger partial charge is 0.544 e. The zero-order valence-electron chi connectivity index (χ0n) is 23.0. The lowest BCUT2D eigenvalue weighted by Crippen LogP contribution is -2.55. The highest BCUT2D eigenvalue weighted by Gasteiger charge is 2.24. The van der Waals surface area contributed by atoms with E-state index in [0.29, 0.717) is 6.42 Å². The van der Waals surface area contributed by atoms with Crippen LogP contribution in [0.5, 0.6) is 0 Å². The van der Waals surface area contributed by atoms with Crippen molar-refractivity contribution in [3.05, 3.63) is 12.2 Å². The van der Waals surface area contributed by atoms with Crippen molar-refractivity contribution in [2.24, 2.45) is 0 Å². The van der Waals surface area contributed by atoms with Crippen molar-refractivity contribution in [3.8, 4) is 0 Å². The van der Waals surface area contributed by atoms with Crippen molar-refractivity contribution in [1.82, 2.24) is 0 Å². The zero-order valence-corrected chi connectivity index (χ0v) is 23.0. The van der Waals surface area contributed by atoms with Crippen LogP contribution in [0.15, 0.2) is 12.2 Å². The molecule has 0 aliphatic rings. The fourth-order valence-electron chi connectivity index (χ4n) is 3.89. The molecule has 206 valence electrons. The predicted molar refractivity (Wildman–Crippen MR) is 139 cm³/mol. The molecule has 0 radical (unpaired) electrons. The number of aliphatic hydroxyl groups is 1. The number of carbonyl (C=O) groups excluding carboxylic acids is 2. The number of aliphatic carboxylic acids is 1. The molecule has 0 aliphatic carbocycles. The molecule has 2 atom stereocenters. The van der Waals surface area contributed by atoms with E-state index in [9.17, 15) is 19.8 Å². The number of quaternary nitrogens is 1. The molecule has 0 spiro atoms. The summed E-state index contributed by atoms with van der Waals surface area (Å²) < 4.78 is 10.7. The Kier molecular flexibility index (Phi) is 20.9. The van der Waals surface area contributed by atoms with Crippen LogP contribution in [-0.4, -0.2) is 74.6 Å². The van der Waals surface area contributed by atoms with Gasteiger partial charge in [-0.1, -0.05) is 70.4 Å². The molecule has 0 rings (SSSR count). The van der Waals surface area contributed by atoms with Gasteiger partial charge in [-0.2, -0.15) is 0 Å². The Morgan fingerprint density at radius 3 is 1.94 bits per heavy atom. The maximum Gasteiger partial charge on any atom is 0.305 e. The lowest BCUT2D eigenvalue weighted by atomic mass is 10.1. The van der Waals surface area contributed by atoms with Crippen LogP contribution in [0.25, 0.3) is 0 Å². The predicted octanol–water partition coefficient (Wildman–Crippen LogP) is 4.16. The fraction of sp³-hybridized carbons (Fsp3) is 0.857. The summed E-state index contributed by atoms with van der Waals surface area (Å²) in [5.74, 6) is -1.42. The van der Waals surface area contributed by atoms with E-state index in [-0.39, 0.29) is 36.7 Å². The number of hydrogen-bond donors (Lipinski definition) is 1. The number of ether oxygens (including phenoxy) is 2. The third kappa shape index (κ3) is 21.6. The van der Waals surface area contributed by atoms with Gasteiger partial charge in [-0.05, 0) is 32.1 Å². The van der Waals surface area contributed by atoms with E-state index in [0.717, 1.165) is 19.3 Å². The number of aliphatic hydroxyl groups excluding tert-OH is 1. The summed E-state index contributed by atoms with van der Waals surface area (Å²) in [5.41, 5.74) is 0. The van der Waals surface area contributed by atoms with E-state index in [1.165, 1.54) is 64.2 Å². The molecule has 0 aromatic rings. The van der Waals surface area contributed by atoms with Crippen molar-refractivity contribution in [2.75, 3.05) is 41.0 Å². The minimum absolute atomic E-state index is 0.00105. The Morgan fingerprint density at radius 2 is 1.40 bits per heavy atom. The van der Waals surface area contributed by atoms with Crippen LogP contribution in [-0.2, 0) is 19.1 Å². The van der Waals surface area contributed by atoms with Gasteiger partial charge in [-0.15, -0.1) is 0 Å². The van der Waals surface area contributed by atoms with Crippen molar-refractivity contribution >= 4 is 11.9 Å². The van der Waals surface area contributed by atoms with Gasteiger partial charge in [0.15, 0.2) is 0 Å². The van der Waals surface area contributed by atoms with E-state index in [1.54, 1.807) is 21.1 Å². The highest BCUT2D eigenvalue weighted by Crippen LogP contribution is 2.11. The third-order valence-corrected chi connectivity index (χ3v) is 6.13. The molecule has 0 bridgehead atoms. The zero-order chi connectivity index (χ0) is 26.4. The molecule has 0 saturated heterocycles. The van der Waals surface area contributed by atoms with Gasteiger partial charge in [0, 0.05) is 12.8 Å². The van der Waals surface area contributed by atoms with Gasteiger partial charge in [0.1, 0.15) is 18.8 Å². The van der Waals surface area contributed by atoms with Crippen molar-refractivity contribution in [3.63, 3.8) is 0 Å². The maximum absolute atomic E-state index is 11.8. The van der Waals surface area contributed by atoms with Crippen LogP contribution < -0.4 is 5.11 Å². The highest BCUT2D eigenvalue weighted by atomic mass is 16.5. The van der Waals surface area contributed by atoms with Crippen molar-refractivity contribution in [1.29, 1.82) is 0 Å². The number of rotatable bonds is 24. The molecule has 0 aliphatic heterocycles. The number of likely N-dealkylation sites (N-methyl/N-ethyl adjacent to an activating group) is 1. The first kappa shape index (κ1) is 33.6. The minimum atomic E-state index is -1.12. The van der Waals surface area contributed by atoms with E-state index in [2.05, 4.69) is 19.1 Å².